The van der Waals surface area contributed by atoms with Crippen molar-refractivity contribution in [1.82, 2.24) is 4.90 Å². The van der Waals surface area contributed by atoms with Crippen LogP contribution in [0.4, 0.5) is 0 Å². The van der Waals surface area contributed by atoms with Crippen LogP contribution in [0.3, 0.4) is 0 Å². The van der Waals surface area contributed by atoms with Crippen LogP contribution < -0.4 is 0 Å². The molecule has 0 radical (unpaired) electrons. The monoisotopic (exact) mass is 189 g/mol. The molecule has 0 amide bonds. The molecule has 2 unspecified atom stereocenters. The third kappa shape index (κ3) is 1.77. The normalized spacial score (nSPS) is 39.5. The summed E-state index contributed by atoms with van der Waals surface area (Å²) in [5, 5.41) is 0.478. The summed E-state index contributed by atoms with van der Waals surface area (Å²) in [6, 6.07) is 1.68. The van der Waals surface area contributed by atoms with Gasteiger partial charge in [-0.1, -0.05) is 20.8 Å². The molecule has 2 saturated heterocycles. The Balaban J connectivity index is 0.000000336. The Hall–Kier alpha value is 0.250. The predicted molar refractivity (Wildman–Crippen MR) is 54.8 cm³/mol. The van der Waals surface area contributed by atoms with E-state index in [0.717, 1.165) is 12.1 Å². The molecule has 0 spiro atoms. The lowest BCUT2D eigenvalue weighted by atomic mass is 9.79. The van der Waals surface area contributed by atoms with Crippen LogP contribution in [-0.4, -0.2) is 28.9 Å². The van der Waals surface area contributed by atoms with Crippen molar-refractivity contribution in [2.75, 3.05) is 6.54 Å². The zero-order valence-electron chi connectivity index (χ0n) is 8.39. The van der Waals surface area contributed by atoms with E-state index in [4.69, 9.17) is 11.6 Å². The van der Waals surface area contributed by atoms with Gasteiger partial charge in [0, 0.05) is 17.5 Å². The van der Waals surface area contributed by atoms with Gasteiger partial charge in [-0.3, -0.25) is 4.90 Å². The molecule has 1 nitrogen and oxygen atoms in total. The van der Waals surface area contributed by atoms with Gasteiger partial charge in [0.15, 0.2) is 0 Å². The van der Waals surface area contributed by atoms with Crippen LogP contribution >= 0.6 is 11.6 Å². The zero-order valence-corrected chi connectivity index (χ0v) is 9.14. The summed E-state index contributed by atoms with van der Waals surface area (Å²) in [6.45, 7) is 7.46. The molecular formula is C10H20ClN. The summed E-state index contributed by atoms with van der Waals surface area (Å²) >= 11 is 6.04. The fourth-order valence-electron chi connectivity index (χ4n) is 2.41. The fourth-order valence-corrected chi connectivity index (χ4v) is 2.82. The Labute approximate surface area is 81.1 Å². The van der Waals surface area contributed by atoms with E-state index in [0.29, 0.717) is 5.38 Å². The van der Waals surface area contributed by atoms with Crippen LogP contribution in [0.25, 0.3) is 0 Å². The number of halogens is 1. The predicted octanol–water partition coefficient (Wildman–Crippen LogP) is 2.88. The number of fused-ring (bicyclic) bond motifs is 2. The molecule has 0 aromatic rings. The highest BCUT2D eigenvalue weighted by Crippen LogP contribution is 2.39. The highest BCUT2D eigenvalue weighted by Gasteiger charge is 2.43. The molecular weight excluding hydrogens is 170 g/mol. The molecule has 0 aromatic heterocycles. The maximum absolute atomic E-state index is 6.04. The lowest BCUT2D eigenvalue weighted by Crippen LogP contribution is -2.60. The van der Waals surface area contributed by atoms with Gasteiger partial charge in [0.05, 0.1) is 0 Å². The Bertz CT molecular complexity index is 126. The smallest absolute Gasteiger partial charge is 0.0365 e. The molecule has 0 aromatic carbocycles. The summed E-state index contributed by atoms with van der Waals surface area (Å²) in [4.78, 5) is 2.58. The topological polar surface area (TPSA) is 3.24 Å². The molecule has 2 bridgehead atoms. The molecule has 2 atom stereocenters. The van der Waals surface area contributed by atoms with Crippen molar-refractivity contribution < 1.29 is 0 Å². The molecule has 72 valence electrons. The first kappa shape index (κ1) is 10.3. The van der Waals surface area contributed by atoms with Gasteiger partial charge in [0.1, 0.15) is 0 Å². The lowest BCUT2D eigenvalue weighted by molar-refractivity contribution is -0.0200. The van der Waals surface area contributed by atoms with E-state index in [-0.39, 0.29) is 0 Å². The highest BCUT2D eigenvalue weighted by atomic mass is 35.5. The lowest BCUT2D eigenvalue weighted by Gasteiger charge is -2.54. The molecule has 3 aliphatic rings. The number of hydrogen-bond acceptors (Lipinski definition) is 1. The first-order valence-electron chi connectivity index (χ1n) is 5.21. The molecule has 2 heteroatoms. The van der Waals surface area contributed by atoms with Crippen molar-refractivity contribution in [1.29, 1.82) is 0 Å². The Morgan fingerprint density at radius 2 is 1.67 bits per heavy atom. The molecule has 1 saturated carbocycles. The van der Waals surface area contributed by atoms with E-state index < -0.39 is 0 Å². The van der Waals surface area contributed by atoms with Gasteiger partial charge in [-0.15, -0.1) is 11.6 Å². The summed E-state index contributed by atoms with van der Waals surface area (Å²) in [5.41, 5.74) is 0. The van der Waals surface area contributed by atoms with Crippen molar-refractivity contribution in [3.8, 4) is 0 Å². The second-order valence-electron chi connectivity index (χ2n) is 3.44. The fraction of sp³-hybridized carbons (Fsp3) is 1.00. The van der Waals surface area contributed by atoms with E-state index >= 15 is 0 Å². The van der Waals surface area contributed by atoms with E-state index in [2.05, 4.69) is 11.8 Å². The summed E-state index contributed by atoms with van der Waals surface area (Å²) in [7, 11) is 0. The molecule has 2 aliphatic heterocycles. The number of alkyl halides is 1. The standard InChI is InChI=1S/C8H14ClN.C2H6/c1-2-10-7-3-6(9)4-8(10)5-7;1-2/h6-8H,2-5H2,1H3;1-2H3. The highest BCUT2D eigenvalue weighted by molar-refractivity contribution is 6.20. The van der Waals surface area contributed by atoms with Gasteiger partial charge in [0.25, 0.3) is 0 Å². The van der Waals surface area contributed by atoms with Gasteiger partial charge < -0.3 is 0 Å². The number of piperidine rings is 1. The number of hydrogen-bond donors (Lipinski definition) is 0. The largest absolute Gasteiger partial charge is 0.297 e. The van der Waals surface area contributed by atoms with Gasteiger partial charge >= 0.3 is 0 Å². The van der Waals surface area contributed by atoms with Crippen molar-refractivity contribution in [3.05, 3.63) is 0 Å². The van der Waals surface area contributed by atoms with Gasteiger partial charge in [0.2, 0.25) is 0 Å². The number of nitrogens with zero attached hydrogens (tertiary/aromatic N) is 1. The van der Waals surface area contributed by atoms with Crippen LogP contribution in [0.2, 0.25) is 0 Å². The second-order valence-corrected chi connectivity index (χ2v) is 4.06. The van der Waals surface area contributed by atoms with E-state index in [9.17, 15) is 0 Å². The maximum Gasteiger partial charge on any atom is 0.0365 e. The molecule has 3 rings (SSSR count). The first-order chi connectivity index (χ1) is 5.81. The van der Waals surface area contributed by atoms with Crippen LogP contribution in [0, 0.1) is 0 Å². The Morgan fingerprint density at radius 3 is 2.08 bits per heavy atom. The summed E-state index contributed by atoms with van der Waals surface area (Å²) in [6.07, 6.45) is 3.87. The SMILES string of the molecule is CC.CCN1C2CC(Cl)CC1C2. The quantitative estimate of drug-likeness (QED) is 0.574. The van der Waals surface area contributed by atoms with Crippen molar-refractivity contribution in [3.63, 3.8) is 0 Å². The average molecular weight is 190 g/mol. The molecule has 0 N–H and O–H groups in total. The molecule has 2 heterocycles. The van der Waals surface area contributed by atoms with Crippen LogP contribution in [-0.2, 0) is 0 Å². The third-order valence-electron chi connectivity index (χ3n) is 2.90. The van der Waals surface area contributed by atoms with E-state index in [1.165, 1.54) is 25.8 Å². The number of rotatable bonds is 1. The van der Waals surface area contributed by atoms with Gasteiger partial charge in [-0.25, -0.2) is 0 Å². The first-order valence-corrected chi connectivity index (χ1v) is 5.64. The van der Waals surface area contributed by atoms with Crippen LogP contribution in [0.1, 0.15) is 40.0 Å². The second kappa shape index (κ2) is 4.48. The van der Waals surface area contributed by atoms with E-state index in [1.807, 2.05) is 13.8 Å². The Kier molecular flexibility index (Phi) is 3.85. The minimum Gasteiger partial charge on any atom is -0.297 e. The molecule has 12 heavy (non-hydrogen) atoms. The van der Waals surface area contributed by atoms with Gasteiger partial charge in [-0.2, -0.15) is 0 Å². The molecule has 1 aliphatic carbocycles. The van der Waals surface area contributed by atoms with E-state index in [1.54, 1.807) is 0 Å². The van der Waals surface area contributed by atoms with Gasteiger partial charge in [-0.05, 0) is 25.8 Å². The maximum atomic E-state index is 6.04. The molecule has 3 fully saturated rings. The van der Waals surface area contributed by atoms with Crippen molar-refractivity contribution in [2.24, 2.45) is 0 Å². The minimum absolute atomic E-state index is 0.478. The van der Waals surface area contributed by atoms with Crippen LogP contribution in [0.5, 0.6) is 0 Å². The zero-order chi connectivity index (χ0) is 9.14. The van der Waals surface area contributed by atoms with Crippen molar-refractivity contribution in [2.45, 2.75) is 57.5 Å². The summed E-state index contributed by atoms with van der Waals surface area (Å²) in [5.74, 6) is 0. The Morgan fingerprint density at radius 1 is 1.17 bits per heavy atom. The average Bonchev–Trinajstić information content (AvgIpc) is 2.08. The minimum atomic E-state index is 0.478. The van der Waals surface area contributed by atoms with Crippen LogP contribution in [0.15, 0.2) is 0 Å². The van der Waals surface area contributed by atoms with Crippen molar-refractivity contribution >= 4 is 11.6 Å². The summed E-state index contributed by atoms with van der Waals surface area (Å²) < 4.78 is 0. The third-order valence-corrected chi connectivity index (χ3v) is 3.26.